The number of nitrogens with zero attached hydrogens (tertiary/aromatic N) is 1. The molecule has 0 aliphatic carbocycles. The number of carbonyl (C=O) groups excluding carboxylic acids is 1. The fraction of sp³-hybridized carbons (Fsp3) is 0.650. The maximum Gasteiger partial charge on any atom is 0.227 e. The summed E-state index contributed by atoms with van der Waals surface area (Å²) in [6.07, 6.45) is 5.57. The normalized spacial score (nSPS) is 14.9. The zero-order chi connectivity index (χ0) is 17.4. The molecule has 0 radical (unpaired) electrons. The zero-order valence-corrected chi connectivity index (χ0v) is 17.8. The van der Waals surface area contributed by atoms with Gasteiger partial charge in [-0.15, -0.1) is 24.8 Å². The van der Waals surface area contributed by atoms with Gasteiger partial charge in [0.05, 0.1) is 5.41 Å². The van der Waals surface area contributed by atoms with Crippen LogP contribution in [0.1, 0.15) is 57.1 Å². The van der Waals surface area contributed by atoms with Crippen molar-refractivity contribution in [3.8, 4) is 0 Å². The number of likely N-dealkylation sites (tertiary alicyclic amines) is 1. The van der Waals surface area contributed by atoms with Crippen molar-refractivity contribution in [3.05, 3.63) is 35.4 Å². The van der Waals surface area contributed by atoms with Gasteiger partial charge in [-0.2, -0.15) is 0 Å². The van der Waals surface area contributed by atoms with Gasteiger partial charge in [-0.3, -0.25) is 9.69 Å². The molecule has 0 spiro atoms. The van der Waals surface area contributed by atoms with Crippen LogP contribution in [-0.2, 0) is 17.9 Å². The summed E-state index contributed by atoms with van der Waals surface area (Å²) in [7, 11) is 0. The Morgan fingerprint density at radius 1 is 1.04 bits per heavy atom. The second-order valence-electron chi connectivity index (χ2n) is 7.03. The van der Waals surface area contributed by atoms with E-state index in [9.17, 15) is 4.79 Å². The highest BCUT2D eigenvalue weighted by Crippen LogP contribution is 2.25. The second-order valence-corrected chi connectivity index (χ2v) is 7.03. The van der Waals surface area contributed by atoms with Gasteiger partial charge in [0.15, 0.2) is 0 Å². The van der Waals surface area contributed by atoms with Gasteiger partial charge in [0, 0.05) is 19.6 Å². The molecule has 1 saturated heterocycles. The Balaban J connectivity index is 0.00000312. The maximum atomic E-state index is 12.5. The molecule has 0 aromatic heterocycles. The van der Waals surface area contributed by atoms with Crippen molar-refractivity contribution in [1.82, 2.24) is 10.2 Å². The molecule has 1 amide bonds. The number of nitrogens with one attached hydrogen (secondary N) is 1. The number of halogens is 2. The van der Waals surface area contributed by atoms with Crippen LogP contribution in [0.4, 0.5) is 0 Å². The zero-order valence-electron chi connectivity index (χ0n) is 16.1. The van der Waals surface area contributed by atoms with Crippen LogP contribution >= 0.6 is 24.8 Å². The highest BCUT2D eigenvalue weighted by Gasteiger charge is 2.32. The van der Waals surface area contributed by atoms with Crippen LogP contribution in [0.15, 0.2) is 24.3 Å². The van der Waals surface area contributed by atoms with E-state index >= 15 is 0 Å². The van der Waals surface area contributed by atoms with Crippen LogP contribution in [0.3, 0.4) is 0 Å². The van der Waals surface area contributed by atoms with E-state index in [0.717, 1.165) is 24.9 Å². The van der Waals surface area contributed by atoms with Crippen molar-refractivity contribution in [1.29, 1.82) is 0 Å². The second kappa shape index (κ2) is 12.6. The van der Waals surface area contributed by atoms with Gasteiger partial charge >= 0.3 is 0 Å². The number of hydrogen-bond donors (Lipinski definition) is 2. The van der Waals surface area contributed by atoms with E-state index in [1.807, 2.05) is 13.8 Å². The van der Waals surface area contributed by atoms with Crippen molar-refractivity contribution in [2.45, 2.75) is 59.0 Å². The first-order valence-electron chi connectivity index (χ1n) is 9.42. The van der Waals surface area contributed by atoms with E-state index in [-0.39, 0.29) is 30.7 Å². The first kappa shape index (κ1) is 25.2. The van der Waals surface area contributed by atoms with Crippen LogP contribution in [0, 0.1) is 5.41 Å². The summed E-state index contributed by atoms with van der Waals surface area (Å²) in [5.41, 5.74) is 7.91. The quantitative estimate of drug-likeness (QED) is 0.691. The highest BCUT2D eigenvalue weighted by molar-refractivity contribution is 5.85. The summed E-state index contributed by atoms with van der Waals surface area (Å²) in [4.78, 5) is 15.0. The molecule has 6 heteroatoms. The number of nitrogens with two attached hydrogens (primary N) is 1. The van der Waals surface area contributed by atoms with E-state index in [1.165, 1.54) is 37.9 Å². The van der Waals surface area contributed by atoms with Crippen LogP contribution in [0.2, 0.25) is 0 Å². The van der Waals surface area contributed by atoms with Gasteiger partial charge in [-0.05, 0) is 49.9 Å². The lowest BCUT2D eigenvalue weighted by atomic mass is 9.81. The number of carbonyl (C=O) groups is 1. The van der Waals surface area contributed by atoms with Gasteiger partial charge in [0.2, 0.25) is 5.91 Å². The molecule has 0 unspecified atom stereocenters. The Bertz CT molecular complexity index is 504. The summed E-state index contributed by atoms with van der Waals surface area (Å²) < 4.78 is 0. The van der Waals surface area contributed by atoms with Crippen molar-refractivity contribution < 1.29 is 4.79 Å². The molecule has 150 valence electrons. The third kappa shape index (κ3) is 6.73. The lowest BCUT2D eigenvalue weighted by Crippen LogP contribution is -2.45. The number of benzene rings is 1. The molecular weight excluding hydrogens is 369 g/mol. The molecule has 0 bridgehead atoms. The van der Waals surface area contributed by atoms with Crippen LogP contribution in [-0.4, -0.2) is 30.4 Å². The largest absolute Gasteiger partial charge is 0.352 e. The molecule has 1 fully saturated rings. The standard InChI is InChI=1S/C20H33N3O.2ClH/c1-3-20(4-2,16-21)19(24)22-14-17-8-10-18(11-9-17)15-23-12-6-5-7-13-23;;/h8-11H,3-7,12-16,21H2,1-2H3,(H,22,24);2*1H. The minimum atomic E-state index is -0.422. The molecule has 0 atom stereocenters. The number of piperidine rings is 1. The topological polar surface area (TPSA) is 58.4 Å². The van der Waals surface area contributed by atoms with E-state index in [0.29, 0.717) is 13.1 Å². The van der Waals surface area contributed by atoms with E-state index < -0.39 is 5.41 Å². The number of hydrogen-bond acceptors (Lipinski definition) is 3. The lowest BCUT2D eigenvalue weighted by Gasteiger charge is -2.28. The third-order valence-corrected chi connectivity index (χ3v) is 5.56. The Kier molecular flexibility index (Phi) is 12.2. The van der Waals surface area contributed by atoms with Crippen LogP contribution in [0.5, 0.6) is 0 Å². The highest BCUT2D eigenvalue weighted by atomic mass is 35.5. The minimum absolute atomic E-state index is 0. The number of amides is 1. The van der Waals surface area contributed by atoms with Crippen LogP contribution < -0.4 is 11.1 Å². The minimum Gasteiger partial charge on any atom is -0.352 e. The smallest absolute Gasteiger partial charge is 0.227 e. The van der Waals surface area contributed by atoms with Crippen molar-refractivity contribution in [2.75, 3.05) is 19.6 Å². The fourth-order valence-electron chi connectivity index (χ4n) is 3.46. The predicted octanol–water partition coefficient (Wildman–Crippen LogP) is 3.90. The van der Waals surface area contributed by atoms with Crippen molar-refractivity contribution in [2.24, 2.45) is 11.1 Å². The number of rotatable bonds is 8. The summed E-state index contributed by atoms with van der Waals surface area (Å²) >= 11 is 0. The SMILES string of the molecule is CCC(CC)(CN)C(=O)NCc1ccc(CN2CCCCC2)cc1.Cl.Cl. The Labute approximate surface area is 171 Å². The van der Waals surface area contributed by atoms with Gasteiger partial charge in [0.1, 0.15) is 0 Å². The summed E-state index contributed by atoms with van der Waals surface area (Å²) in [6, 6.07) is 8.63. The first-order chi connectivity index (χ1) is 11.6. The fourth-order valence-corrected chi connectivity index (χ4v) is 3.46. The summed E-state index contributed by atoms with van der Waals surface area (Å²) in [5, 5.41) is 3.06. The van der Waals surface area contributed by atoms with E-state index in [2.05, 4.69) is 34.5 Å². The Morgan fingerprint density at radius 3 is 2.08 bits per heavy atom. The van der Waals surface area contributed by atoms with Gasteiger partial charge in [-0.1, -0.05) is 44.5 Å². The maximum absolute atomic E-state index is 12.5. The first-order valence-corrected chi connectivity index (χ1v) is 9.42. The van der Waals surface area contributed by atoms with Crippen LogP contribution in [0.25, 0.3) is 0 Å². The molecule has 1 aliphatic rings. The molecule has 3 N–H and O–H groups in total. The molecule has 2 rings (SSSR count). The van der Waals surface area contributed by atoms with Crippen molar-refractivity contribution >= 4 is 30.7 Å². The summed E-state index contributed by atoms with van der Waals surface area (Å²) in [6.45, 7) is 8.51. The predicted molar refractivity (Wildman–Crippen MR) is 114 cm³/mol. The molecule has 0 saturated carbocycles. The molecule has 1 heterocycles. The molecule has 1 aromatic carbocycles. The van der Waals surface area contributed by atoms with Crippen molar-refractivity contribution in [3.63, 3.8) is 0 Å². The van der Waals surface area contributed by atoms with E-state index in [4.69, 9.17) is 5.73 Å². The molecule has 4 nitrogen and oxygen atoms in total. The van der Waals surface area contributed by atoms with Gasteiger partial charge < -0.3 is 11.1 Å². The average Bonchev–Trinajstić information content (AvgIpc) is 2.64. The Hall–Kier alpha value is -0.810. The van der Waals surface area contributed by atoms with E-state index in [1.54, 1.807) is 0 Å². The van der Waals surface area contributed by atoms with Gasteiger partial charge in [-0.25, -0.2) is 0 Å². The third-order valence-electron chi connectivity index (χ3n) is 5.56. The average molecular weight is 404 g/mol. The Morgan fingerprint density at radius 2 is 1.58 bits per heavy atom. The molecule has 26 heavy (non-hydrogen) atoms. The molecular formula is C20H35Cl2N3O. The lowest BCUT2D eigenvalue weighted by molar-refractivity contribution is -0.131. The monoisotopic (exact) mass is 403 g/mol. The molecule has 1 aromatic rings. The van der Waals surface area contributed by atoms with Gasteiger partial charge in [0.25, 0.3) is 0 Å². The molecule has 1 aliphatic heterocycles. The summed E-state index contributed by atoms with van der Waals surface area (Å²) in [5.74, 6) is 0.0763.